The van der Waals surface area contributed by atoms with Gasteiger partial charge in [-0.2, -0.15) is 4.98 Å². The third kappa shape index (κ3) is 3.12. The molecule has 0 bridgehead atoms. The molecule has 20 heavy (non-hydrogen) atoms. The second-order valence-electron chi connectivity index (χ2n) is 5.19. The maximum absolute atomic E-state index is 6.16. The molecule has 0 radical (unpaired) electrons. The summed E-state index contributed by atoms with van der Waals surface area (Å²) in [4.78, 5) is 13.2. The fraction of sp³-hybridized carbons (Fsp3) is 0.714. The van der Waals surface area contributed by atoms with Gasteiger partial charge in [0.1, 0.15) is 12.0 Å². The van der Waals surface area contributed by atoms with Gasteiger partial charge >= 0.3 is 0 Å². The standard InChI is InChI=1S/C14H25N5O/c1-4-8-20-14-12(15)13(16-10-17-14)19-7-6-18(5-2)11(3)9-19/h10-11H,4-9,15H2,1-3H3. The van der Waals surface area contributed by atoms with E-state index in [1.54, 1.807) is 0 Å². The second-order valence-corrected chi connectivity index (χ2v) is 5.19. The number of nitrogen functional groups attached to an aromatic ring is 1. The smallest absolute Gasteiger partial charge is 0.242 e. The number of likely N-dealkylation sites (N-methyl/N-ethyl adjacent to an activating group) is 1. The quantitative estimate of drug-likeness (QED) is 0.878. The summed E-state index contributed by atoms with van der Waals surface area (Å²) in [7, 11) is 0. The Balaban J connectivity index is 2.13. The summed E-state index contributed by atoms with van der Waals surface area (Å²) >= 11 is 0. The van der Waals surface area contributed by atoms with Crippen LogP contribution < -0.4 is 15.4 Å². The van der Waals surface area contributed by atoms with Gasteiger partial charge in [0.05, 0.1) is 6.61 Å². The molecule has 0 aromatic carbocycles. The molecular weight excluding hydrogens is 254 g/mol. The Labute approximate surface area is 120 Å². The summed E-state index contributed by atoms with van der Waals surface area (Å²) in [6.45, 7) is 11.1. The van der Waals surface area contributed by atoms with Gasteiger partial charge in [0.25, 0.3) is 0 Å². The number of aromatic nitrogens is 2. The van der Waals surface area contributed by atoms with Crippen molar-refractivity contribution in [2.45, 2.75) is 33.2 Å². The van der Waals surface area contributed by atoms with Crippen LogP contribution in [0.2, 0.25) is 0 Å². The van der Waals surface area contributed by atoms with E-state index in [4.69, 9.17) is 10.5 Å². The van der Waals surface area contributed by atoms with Crippen molar-refractivity contribution in [3.63, 3.8) is 0 Å². The number of nitrogens with zero attached hydrogens (tertiary/aromatic N) is 4. The van der Waals surface area contributed by atoms with Crippen LogP contribution in [-0.4, -0.2) is 53.7 Å². The molecule has 0 saturated carbocycles. The van der Waals surface area contributed by atoms with Gasteiger partial charge in [-0.3, -0.25) is 4.90 Å². The zero-order valence-electron chi connectivity index (χ0n) is 12.7. The van der Waals surface area contributed by atoms with Crippen molar-refractivity contribution >= 4 is 11.5 Å². The molecule has 2 N–H and O–H groups in total. The maximum Gasteiger partial charge on any atom is 0.242 e. The molecule has 2 rings (SSSR count). The Morgan fingerprint density at radius 1 is 1.35 bits per heavy atom. The Kier molecular flexibility index (Phi) is 5.00. The molecule has 112 valence electrons. The second kappa shape index (κ2) is 6.74. The minimum Gasteiger partial charge on any atom is -0.476 e. The van der Waals surface area contributed by atoms with E-state index in [2.05, 4.69) is 40.5 Å². The highest BCUT2D eigenvalue weighted by molar-refractivity contribution is 5.67. The predicted molar refractivity (Wildman–Crippen MR) is 81.2 cm³/mol. The van der Waals surface area contributed by atoms with Crippen molar-refractivity contribution < 1.29 is 4.74 Å². The fourth-order valence-corrected chi connectivity index (χ4v) is 2.59. The van der Waals surface area contributed by atoms with Crippen LogP contribution in [0.3, 0.4) is 0 Å². The number of hydrogen-bond donors (Lipinski definition) is 1. The minimum absolute atomic E-state index is 0.502. The summed E-state index contributed by atoms with van der Waals surface area (Å²) in [5.74, 6) is 1.30. The molecule has 1 aliphatic rings. The molecular formula is C14H25N5O. The Morgan fingerprint density at radius 2 is 2.15 bits per heavy atom. The van der Waals surface area contributed by atoms with E-state index in [-0.39, 0.29) is 0 Å². The number of ether oxygens (including phenoxy) is 1. The lowest BCUT2D eigenvalue weighted by molar-refractivity contribution is 0.199. The monoisotopic (exact) mass is 279 g/mol. The molecule has 1 atom stereocenters. The van der Waals surface area contributed by atoms with Crippen molar-refractivity contribution in [2.75, 3.05) is 43.4 Å². The van der Waals surface area contributed by atoms with E-state index >= 15 is 0 Å². The number of hydrogen-bond acceptors (Lipinski definition) is 6. The lowest BCUT2D eigenvalue weighted by Gasteiger charge is -2.40. The highest BCUT2D eigenvalue weighted by atomic mass is 16.5. The molecule has 1 saturated heterocycles. The maximum atomic E-state index is 6.16. The van der Waals surface area contributed by atoms with Crippen LogP contribution in [0.5, 0.6) is 5.88 Å². The topological polar surface area (TPSA) is 67.5 Å². The number of anilines is 2. The highest BCUT2D eigenvalue weighted by Crippen LogP contribution is 2.29. The van der Waals surface area contributed by atoms with Crippen LogP contribution in [-0.2, 0) is 0 Å². The van der Waals surface area contributed by atoms with E-state index in [0.29, 0.717) is 24.2 Å². The average molecular weight is 279 g/mol. The summed E-state index contributed by atoms with van der Waals surface area (Å²) in [5.41, 5.74) is 6.72. The summed E-state index contributed by atoms with van der Waals surface area (Å²) in [6, 6.07) is 0.503. The molecule has 1 fully saturated rings. The molecule has 0 amide bonds. The van der Waals surface area contributed by atoms with Gasteiger partial charge in [-0.25, -0.2) is 4.98 Å². The molecule has 1 aromatic rings. The lowest BCUT2D eigenvalue weighted by Crippen LogP contribution is -2.52. The van der Waals surface area contributed by atoms with Crippen LogP contribution >= 0.6 is 0 Å². The van der Waals surface area contributed by atoms with Gasteiger partial charge in [0.2, 0.25) is 5.88 Å². The Hall–Kier alpha value is -1.56. The zero-order valence-corrected chi connectivity index (χ0v) is 12.7. The van der Waals surface area contributed by atoms with Crippen molar-refractivity contribution in [2.24, 2.45) is 0 Å². The first-order valence-corrected chi connectivity index (χ1v) is 7.39. The van der Waals surface area contributed by atoms with Gasteiger partial charge in [0.15, 0.2) is 5.82 Å². The van der Waals surface area contributed by atoms with Crippen LogP contribution in [0.15, 0.2) is 6.33 Å². The van der Waals surface area contributed by atoms with Crippen molar-refractivity contribution in [3.8, 4) is 5.88 Å². The lowest BCUT2D eigenvalue weighted by atomic mass is 10.2. The molecule has 0 aliphatic carbocycles. The largest absolute Gasteiger partial charge is 0.476 e. The van der Waals surface area contributed by atoms with Crippen molar-refractivity contribution in [1.82, 2.24) is 14.9 Å². The average Bonchev–Trinajstić information content (AvgIpc) is 2.46. The van der Waals surface area contributed by atoms with E-state index in [9.17, 15) is 0 Å². The molecule has 0 spiro atoms. The van der Waals surface area contributed by atoms with Crippen LogP contribution in [0.4, 0.5) is 11.5 Å². The van der Waals surface area contributed by atoms with E-state index in [1.165, 1.54) is 6.33 Å². The first-order chi connectivity index (χ1) is 9.67. The summed E-state index contributed by atoms with van der Waals surface area (Å²) < 4.78 is 5.57. The molecule has 1 aromatic heterocycles. The third-order valence-electron chi connectivity index (χ3n) is 3.74. The van der Waals surface area contributed by atoms with Crippen molar-refractivity contribution in [1.29, 1.82) is 0 Å². The fourth-order valence-electron chi connectivity index (χ4n) is 2.59. The molecule has 1 aliphatic heterocycles. The van der Waals surface area contributed by atoms with Gasteiger partial charge < -0.3 is 15.4 Å². The van der Waals surface area contributed by atoms with E-state index < -0.39 is 0 Å². The van der Waals surface area contributed by atoms with Gasteiger partial charge in [0, 0.05) is 25.7 Å². The first kappa shape index (κ1) is 14.8. The van der Waals surface area contributed by atoms with Crippen molar-refractivity contribution in [3.05, 3.63) is 6.33 Å². The summed E-state index contributed by atoms with van der Waals surface area (Å²) in [5, 5.41) is 0. The molecule has 6 nitrogen and oxygen atoms in total. The van der Waals surface area contributed by atoms with Gasteiger partial charge in [-0.15, -0.1) is 0 Å². The molecule has 2 heterocycles. The zero-order chi connectivity index (χ0) is 14.5. The first-order valence-electron chi connectivity index (χ1n) is 7.39. The highest BCUT2D eigenvalue weighted by Gasteiger charge is 2.25. The van der Waals surface area contributed by atoms with Gasteiger partial charge in [-0.1, -0.05) is 13.8 Å². The number of piperazine rings is 1. The normalized spacial score (nSPS) is 20.1. The molecule has 1 unspecified atom stereocenters. The molecule has 6 heteroatoms. The van der Waals surface area contributed by atoms with Gasteiger partial charge in [-0.05, 0) is 19.9 Å². The SMILES string of the molecule is CCCOc1ncnc(N2CCN(CC)C(C)C2)c1N. The summed E-state index contributed by atoms with van der Waals surface area (Å²) in [6.07, 6.45) is 2.47. The number of nitrogens with two attached hydrogens (primary N) is 1. The Morgan fingerprint density at radius 3 is 2.80 bits per heavy atom. The number of rotatable bonds is 5. The van der Waals surface area contributed by atoms with E-state index in [1.807, 2.05) is 0 Å². The van der Waals surface area contributed by atoms with E-state index in [0.717, 1.165) is 38.4 Å². The van der Waals surface area contributed by atoms with Crippen LogP contribution in [0.1, 0.15) is 27.2 Å². The van der Waals surface area contributed by atoms with Crippen LogP contribution in [0.25, 0.3) is 0 Å². The minimum atomic E-state index is 0.502. The van der Waals surface area contributed by atoms with Crippen LogP contribution in [0, 0.1) is 0 Å². The Bertz CT molecular complexity index is 440. The predicted octanol–water partition coefficient (Wildman–Crippen LogP) is 1.38. The third-order valence-corrected chi connectivity index (χ3v) is 3.74.